The lowest BCUT2D eigenvalue weighted by atomic mass is 10.2. The topological polar surface area (TPSA) is 87.4 Å². The molecule has 0 amide bonds. The van der Waals surface area contributed by atoms with Crippen LogP contribution in [0.15, 0.2) is 29.4 Å². The molecule has 1 heterocycles. The molecule has 0 aliphatic rings. The number of rotatable bonds is 1. The van der Waals surface area contributed by atoms with Gasteiger partial charge < -0.3 is 0 Å². The lowest BCUT2D eigenvalue weighted by molar-refractivity contribution is 0.893. The number of azide groups is 1. The van der Waals surface area contributed by atoms with Crippen molar-refractivity contribution in [2.24, 2.45) is 5.11 Å². The minimum absolute atomic E-state index is 0.258. The van der Waals surface area contributed by atoms with Crippen molar-refractivity contribution in [3.8, 4) is 0 Å². The smallest absolute Gasteiger partial charge is 0.130 e. The molecule has 2 rings (SSSR count). The summed E-state index contributed by atoms with van der Waals surface area (Å²) < 4.78 is 0. The number of aromatic nitrogens is 3. The highest BCUT2D eigenvalue weighted by Gasteiger charge is 2.00. The molecule has 0 saturated heterocycles. The molecular weight excluding hydrogens is 168 g/mol. The van der Waals surface area contributed by atoms with Crippen molar-refractivity contribution >= 4 is 16.7 Å². The Bertz CT molecular complexity index is 482. The van der Waals surface area contributed by atoms with Crippen molar-refractivity contribution < 1.29 is 0 Å². The summed E-state index contributed by atoms with van der Waals surface area (Å²) in [6, 6.07) is 7.21. The summed E-state index contributed by atoms with van der Waals surface area (Å²) in [6.07, 6.45) is 0. The molecular formula is C7H4N6. The molecule has 0 aliphatic carbocycles. The van der Waals surface area contributed by atoms with Gasteiger partial charge >= 0.3 is 0 Å². The fraction of sp³-hybridized carbons (Fsp3) is 0. The third-order valence-corrected chi connectivity index (χ3v) is 1.58. The predicted octanol–water partition coefficient (Wildman–Crippen LogP) is 1.97. The quantitative estimate of drug-likeness (QED) is 0.374. The van der Waals surface area contributed by atoms with E-state index in [1.807, 2.05) is 12.1 Å². The van der Waals surface area contributed by atoms with E-state index in [-0.39, 0.29) is 5.82 Å². The standard InChI is InChI=1S/C7H4N6/c8-12-10-7-5-3-1-2-4-6(5)9-13-11-7/h1-4H. The van der Waals surface area contributed by atoms with E-state index in [4.69, 9.17) is 5.53 Å². The van der Waals surface area contributed by atoms with Crippen LogP contribution < -0.4 is 0 Å². The van der Waals surface area contributed by atoms with Crippen LogP contribution in [0, 0.1) is 0 Å². The van der Waals surface area contributed by atoms with Crippen LogP contribution >= 0.6 is 0 Å². The van der Waals surface area contributed by atoms with E-state index in [9.17, 15) is 0 Å². The largest absolute Gasteiger partial charge is 0.160 e. The van der Waals surface area contributed by atoms with Crippen molar-refractivity contribution in [3.05, 3.63) is 34.7 Å². The van der Waals surface area contributed by atoms with Crippen molar-refractivity contribution in [1.82, 2.24) is 15.4 Å². The average molecular weight is 172 g/mol. The Hall–Kier alpha value is -2.20. The Morgan fingerprint density at radius 3 is 2.92 bits per heavy atom. The van der Waals surface area contributed by atoms with Gasteiger partial charge in [-0.25, -0.2) is 0 Å². The second kappa shape index (κ2) is 3.04. The average Bonchev–Trinajstić information content (AvgIpc) is 2.19. The monoisotopic (exact) mass is 172 g/mol. The van der Waals surface area contributed by atoms with E-state index < -0.39 is 0 Å². The number of hydrogen-bond donors (Lipinski definition) is 0. The van der Waals surface area contributed by atoms with E-state index in [1.54, 1.807) is 12.1 Å². The second-order valence-corrected chi connectivity index (χ2v) is 2.32. The van der Waals surface area contributed by atoms with E-state index >= 15 is 0 Å². The predicted molar refractivity (Wildman–Crippen MR) is 46.1 cm³/mol. The molecule has 0 spiro atoms. The van der Waals surface area contributed by atoms with Crippen LogP contribution in [-0.4, -0.2) is 15.4 Å². The number of nitrogens with zero attached hydrogens (tertiary/aromatic N) is 6. The van der Waals surface area contributed by atoms with Gasteiger partial charge in [-0.2, -0.15) is 0 Å². The zero-order chi connectivity index (χ0) is 9.10. The van der Waals surface area contributed by atoms with Crippen LogP contribution in [0.5, 0.6) is 0 Å². The molecule has 1 aromatic carbocycles. The highest BCUT2D eigenvalue weighted by Crippen LogP contribution is 2.19. The van der Waals surface area contributed by atoms with Crippen LogP contribution in [-0.2, 0) is 0 Å². The van der Waals surface area contributed by atoms with E-state index in [0.717, 1.165) is 0 Å². The minimum atomic E-state index is 0.258. The summed E-state index contributed by atoms with van der Waals surface area (Å²) in [7, 11) is 0. The first-order valence-corrected chi connectivity index (χ1v) is 3.55. The normalized spacial score (nSPS) is 9.54. The van der Waals surface area contributed by atoms with Gasteiger partial charge in [0.25, 0.3) is 0 Å². The second-order valence-electron chi connectivity index (χ2n) is 2.32. The lowest BCUT2D eigenvalue weighted by Gasteiger charge is -1.95. The Balaban J connectivity index is 2.82. The summed E-state index contributed by atoms with van der Waals surface area (Å²) >= 11 is 0. The maximum atomic E-state index is 8.25. The third-order valence-electron chi connectivity index (χ3n) is 1.58. The van der Waals surface area contributed by atoms with Crippen LogP contribution in [0.1, 0.15) is 0 Å². The molecule has 13 heavy (non-hydrogen) atoms. The fourth-order valence-electron chi connectivity index (χ4n) is 1.03. The minimum Gasteiger partial charge on any atom is -0.130 e. The van der Waals surface area contributed by atoms with Gasteiger partial charge in [0.1, 0.15) is 0 Å². The van der Waals surface area contributed by atoms with Gasteiger partial charge in [0.05, 0.1) is 5.52 Å². The molecule has 0 N–H and O–H groups in total. The molecule has 0 saturated carbocycles. The van der Waals surface area contributed by atoms with Crippen LogP contribution in [0.3, 0.4) is 0 Å². The molecule has 0 atom stereocenters. The van der Waals surface area contributed by atoms with Crippen molar-refractivity contribution in [2.75, 3.05) is 0 Å². The van der Waals surface area contributed by atoms with E-state index in [1.165, 1.54) is 0 Å². The summed E-state index contributed by atoms with van der Waals surface area (Å²) in [5.41, 5.74) is 8.92. The summed E-state index contributed by atoms with van der Waals surface area (Å²) in [6.45, 7) is 0. The first-order chi connectivity index (χ1) is 6.42. The van der Waals surface area contributed by atoms with Crippen LogP contribution in [0.2, 0.25) is 0 Å². The summed E-state index contributed by atoms with van der Waals surface area (Å²) in [5, 5.41) is 15.0. The van der Waals surface area contributed by atoms with Crippen LogP contribution in [0.4, 0.5) is 5.82 Å². The molecule has 0 fully saturated rings. The highest BCUT2D eigenvalue weighted by atomic mass is 15.3. The van der Waals surface area contributed by atoms with E-state index in [0.29, 0.717) is 10.9 Å². The van der Waals surface area contributed by atoms with Crippen molar-refractivity contribution in [1.29, 1.82) is 0 Å². The maximum Gasteiger partial charge on any atom is 0.160 e. The number of hydrogen-bond acceptors (Lipinski definition) is 4. The molecule has 0 unspecified atom stereocenters. The fourth-order valence-corrected chi connectivity index (χ4v) is 1.03. The Labute approximate surface area is 72.8 Å². The van der Waals surface area contributed by atoms with Gasteiger partial charge in [0.15, 0.2) is 5.82 Å². The Morgan fingerprint density at radius 2 is 2.08 bits per heavy atom. The van der Waals surface area contributed by atoms with Gasteiger partial charge in [-0.3, -0.25) is 0 Å². The van der Waals surface area contributed by atoms with Crippen molar-refractivity contribution in [2.45, 2.75) is 0 Å². The Kier molecular flexibility index (Phi) is 1.74. The van der Waals surface area contributed by atoms with Gasteiger partial charge in [-0.15, -0.1) is 10.2 Å². The third kappa shape index (κ3) is 1.25. The van der Waals surface area contributed by atoms with E-state index in [2.05, 4.69) is 25.4 Å². The molecule has 62 valence electrons. The zero-order valence-electron chi connectivity index (χ0n) is 6.49. The van der Waals surface area contributed by atoms with Crippen LogP contribution in [0.25, 0.3) is 21.3 Å². The van der Waals surface area contributed by atoms with Gasteiger partial charge in [-0.1, -0.05) is 18.2 Å². The molecule has 6 heteroatoms. The zero-order valence-corrected chi connectivity index (χ0v) is 6.49. The summed E-state index contributed by atoms with van der Waals surface area (Å²) in [4.78, 5) is 2.65. The SMILES string of the molecule is [N-]=[N+]=Nc1nnnc2ccccc12. The maximum absolute atomic E-state index is 8.25. The first kappa shape index (κ1) is 7.45. The number of benzene rings is 1. The Morgan fingerprint density at radius 1 is 1.23 bits per heavy atom. The number of fused-ring (bicyclic) bond motifs is 1. The lowest BCUT2D eigenvalue weighted by Crippen LogP contribution is -1.87. The van der Waals surface area contributed by atoms with Crippen molar-refractivity contribution in [3.63, 3.8) is 0 Å². The molecule has 6 nitrogen and oxygen atoms in total. The summed E-state index contributed by atoms with van der Waals surface area (Å²) in [5.74, 6) is 0.258. The molecule has 2 aromatic rings. The molecule has 1 aromatic heterocycles. The van der Waals surface area contributed by atoms with Gasteiger partial charge in [-0.05, 0) is 21.9 Å². The molecule has 0 radical (unpaired) electrons. The highest BCUT2D eigenvalue weighted by molar-refractivity contribution is 5.86. The molecule has 0 bridgehead atoms. The van der Waals surface area contributed by atoms with Gasteiger partial charge in [0, 0.05) is 10.3 Å². The first-order valence-electron chi connectivity index (χ1n) is 3.55. The van der Waals surface area contributed by atoms with Gasteiger partial charge in [0.2, 0.25) is 0 Å². The molecule has 0 aliphatic heterocycles.